The SMILES string of the molecule is CC/C=C(\CCC)C(C)(C)C#N. The van der Waals surface area contributed by atoms with Crippen molar-refractivity contribution in [3.63, 3.8) is 0 Å². The first kappa shape index (κ1) is 11.2. The van der Waals surface area contributed by atoms with Gasteiger partial charge in [0.2, 0.25) is 0 Å². The van der Waals surface area contributed by atoms with Crippen LogP contribution in [0, 0.1) is 16.7 Å². The number of allylic oxidation sites excluding steroid dienone is 2. The smallest absolute Gasteiger partial charge is 0.0728 e. The molecule has 0 saturated carbocycles. The van der Waals surface area contributed by atoms with Gasteiger partial charge in [0.15, 0.2) is 0 Å². The fourth-order valence-corrected chi connectivity index (χ4v) is 1.26. The monoisotopic (exact) mass is 165 g/mol. The normalized spacial score (nSPS) is 12.8. The van der Waals surface area contributed by atoms with E-state index in [-0.39, 0.29) is 5.41 Å². The van der Waals surface area contributed by atoms with Gasteiger partial charge in [-0.2, -0.15) is 5.26 Å². The maximum absolute atomic E-state index is 8.93. The quantitative estimate of drug-likeness (QED) is 0.583. The molecule has 0 radical (unpaired) electrons. The van der Waals surface area contributed by atoms with Crippen LogP contribution in [0.1, 0.15) is 47.0 Å². The molecule has 0 fully saturated rings. The van der Waals surface area contributed by atoms with Gasteiger partial charge in [0.05, 0.1) is 11.5 Å². The van der Waals surface area contributed by atoms with Gasteiger partial charge < -0.3 is 0 Å². The first-order chi connectivity index (χ1) is 5.58. The van der Waals surface area contributed by atoms with Gasteiger partial charge in [-0.3, -0.25) is 0 Å². The third kappa shape index (κ3) is 3.09. The third-order valence-electron chi connectivity index (χ3n) is 2.05. The maximum Gasteiger partial charge on any atom is 0.0728 e. The molecule has 0 aliphatic heterocycles. The molecule has 0 rings (SSSR count). The molecule has 12 heavy (non-hydrogen) atoms. The van der Waals surface area contributed by atoms with Gasteiger partial charge in [0.1, 0.15) is 0 Å². The lowest BCUT2D eigenvalue weighted by Gasteiger charge is -2.19. The van der Waals surface area contributed by atoms with E-state index in [2.05, 4.69) is 26.0 Å². The van der Waals surface area contributed by atoms with Crippen molar-refractivity contribution < 1.29 is 0 Å². The van der Waals surface area contributed by atoms with E-state index < -0.39 is 0 Å². The van der Waals surface area contributed by atoms with E-state index in [0.29, 0.717) is 0 Å². The topological polar surface area (TPSA) is 23.8 Å². The second-order valence-corrected chi connectivity index (χ2v) is 3.62. The van der Waals surface area contributed by atoms with E-state index in [1.165, 1.54) is 5.57 Å². The third-order valence-corrected chi connectivity index (χ3v) is 2.05. The van der Waals surface area contributed by atoms with Gasteiger partial charge in [0.25, 0.3) is 0 Å². The molecule has 68 valence electrons. The van der Waals surface area contributed by atoms with Crippen LogP contribution >= 0.6 is 0 Å². The average Bonchev–Trinajstić information content (AvgIpc) is 2.04. The highest BCUT2D eigenvalue weighted by atomic mass is 14.3. The van der Waals surface area contributed by atoms with Crippen LogP contribution in [0.3, 0.4) is 0 Å². The Morgan fingerprint density at radius 3 is 2.33 bits per heavy atom. The minimum atomic E-state index is -0.272. The Balaban J connectivity index is 4.53. The minimum absolute atomic E-state index is 0.272. The molecule has 0 heterocycles. The molecule has 1 heteroatoms. The Labute approximate surface area is 76.1 Å². The van der Waals surface area contributed by atoms with Crippen molar-refractivity contribution in [2.45, 2.75) is 47.0 Å². The summed E-state index contributed by atoms with van der Waals surface area (Å²) in [5.74, 6) is 0. The van der Waals surface area contributed by atoms with Crippen LogP contribution in [0.15, 0.2) is 11.6 Å². The standard InChI is InChI=1S/C11H19N/c1-5-7-10(8-6-2)11(3,4)9-12/h7H,5-6,8H2,1-4H3/b10-7+. The van der Waals surface area contributed by atoms with Crippen LogP contribution in [-0.2, 0) is 0 Å². The van der Waals surface area contributed by atoms with E-state index in [1.54, 1.807) is 0 Å². The highest BCUT2D eigenvalue weighted by molar-refractivity contribution is 5.20. The van der Waals surface area contributed by atoms with Crippen molar-refractivity contribution >= 4 is 0 Å². The molecule has 0 spiro atoms. The van der Waals surface area contributed by atoms with Crippen molar-refractivity contribution in [3.05, 3.63) is 11.6 Å². The van der Waals surface area contributed by atoms with E-state index in [0.717, 1.165) is 19.3 Å². The Morgan fingerprint density at radius 2 is 2.00 bits per heavy atom. The van der Waals surface area contributed by atoms with E-state index in [9.17, 15) is 0 Å². The van der Waals surface area contributed by atoms with Crippen molar-refractivity contribution in [3.8, 4) is 6.07 Å². The fourth-order valence-electron chi connectivity index (χ4n) is 1.26. The van der Waals surface area contributed by atoms with Gasteiger partial charge in [-0.25, -0.2) is 0 Å². The van der Waals surface area contributed by atoms with E-state index >= 15 is 0 Å². The molecule has 0 atom stereocenters. The van der Waals surface area contributed by atoms with Crippen molar-refractivity contribution in [2.24, 2.45) is 5.41 Å². The summed E-state index contributed by atoms with van der Waals surface area (Å²) in [7, 11) is 0. The van der Waals surface area contributed by atoms with Gasteiger partial charge >= 0.3 is 0 Å². The first-order valence-electron chi connectivity index (χ1n) is 4.69. The second-order valence-electron chi connectivity index (χ2n) is 3.62. The summed E-state index contributed by atoms with van der Waals surface area (Å²) in [5.41, 5.74) is 1.02. The second kappa shape index (κ2) is 4.98. The van der Waals surface area contributed by atoms with Crippen molar-refractivity contribution in [1.29, 1.82) is 5.26 Å². The Kier molecular flexibility index (Phi) is 4.66. The zero-order valence-corrected chi connectivity index (χ0v) is 8.65. The van der Waals surface area contributed by atoms with Crippen LogP contribution < -0.4 is 0 Å². The maximum atomic E-state index is 8.93. The Bertz CT molecular complexity index is 194. The van der Waals surface area contributed by atoms with Crippen LogP contribution in [0.2, 0.25) is 0 Å². The molecule has 0 aliphatic carbocycles. The molecule has 0 amide bonds. The number of rotatable bonds is 4. The van der Waals surface area contributed by atoms with Gasteiger partial charge in [-0.05, 0) is 26.7 Å². The number of hydrogen-bond acceptors (Lipinski definition) is 1. The number of hydrogen-bond donors (Lipinski definition) is 0. The summed E-state index contributed by atoms with van der Waals surface area (Å²) in [6, 6.07) is 2.34. The lowest BCUT2D eigenvalue weighted by molar-refractivity contribution is 0.559. The molecular weight excluding hydrogens is 146 g/mol. The largest absolute Gasteiger partial charge is 0.197 e. The highest BCUT2D eigenvalue weighted by Crippen LogP contribution is 2.28. The highest BCUT2D eigenvalue weighted by Gasteiger charge is 2.20. The molecule has 0 aliphatic rings. The zero-order valence-electron chi connectivity index (χ0n) is 8.65. The molecule has 0 aromatic rings. The molecule has 0 bridgehead atoms. The predicted molar refractivity (Wildman–Crippen MR) is 52.7 cm³/mol. The molecule has 0 aromatic carbocycles. The number of nitriles is 1. The molecular formula is C11H19N. The Morgan fingerprint density at radius 1 is 1.42 bits per heavy atom. The summed E-state index contributed by atoms with van der Waals surface area (Å²) in [5, 5.41) is 8.93. The van der Waals surface area contributed by atoms with Gasteiger partial charge in [-0.1, -0.05) is 31.9 Å². The van der Waals surface area contributed by atoms with Crippen LogP contribution in [0.5, 0.6) is 0 Å². The molecule has 0 aromatic heterocycles. The first-order valence-corrected chi connectivity index (χ1v) is 4.69. The lowest BCUT2D eigenvalue weighted by Crippen LogP contribution is -2.11. The van der Waals surface area contributed by atoms with Crippen LogP contribution in [0.25, 0.3) is 0 Å². The van der Waals surface area contributed by atoms with Gasteiger partial charge in [-0.15, -0.1) is 0 Å². The number of nitrogens with zero attached hydrogens (tertiary/aromatic N) is 1. The molecule has 1 nitrogen and oxygen atoms in total. The van der Waals surface area contributed by atoms with Crippen molar-refractivity contribution in [2.75, 3.05) is 0 Å². The zero-order chi connectivity index (χ0) is 9.61. The molecule has 0 saturated heterocycles. The fraction of sp³-hybridized carbons (Fsp3) is 0.727. The van der Waals surface area contributed by atoms with Crippen LogP contribution in [-0.4, -0.2) is 0 Å². The van der Waals surface area contributed by atoms with Crippen LogP contribution in [0.4, 0.5) is 0 Å². The van der Waals surface area contributed by atoms with E-state index in [1.807, 2.05) is 13.8 Å². The predicted octanol–water partition coefficient (Wildman–Crippen LogP) is 3.67. The molecule has 0 N–H and O–H groups in total. The Hall–Kier alpha value is -0.770. The molecule has 0 unspecified atom stereocenters. The van der Waals surface area contributed by atoms with Crippen molar-refractivity contribution in [1.82, 2.24) is 0 Å². The minimum Gasteiger partial charge on any atom is -0.197 e. The summed E-state index contributed by atoms with van der Waals surface area (Å²) in [6.07, 6.45) is 5.39. The summed E-state index contributed by atoms with van der Waals surface area (Å²) >= 11 is 0. The van der Waals surface area contributed by atoms with Gasteiger partial charge in [0, 0.05) is 0 Å². The summed E-state index contributed by atoms with van der Waals surface area (Å²) in [4.78, 5) is 0. The summed E-state index contributed by atoms with van der Waals surface area (Å²) in [6.45, 7) is 8.24. The van der Waals surface area contributed by atoms with E-state index in [4.69, 9.17) is 5.26 Å². The average molecular weight is 165 g/mol. The summed E-state index contributed by atoms with van der Waals surface area (Å²) < 4.78 is 0. The lowest BCUT2D eigenvalue weighted by atomic mass is 9.83.